The molecule has 2 aliphatic rings. The van der Waals surface area contributed by atoms with Crippen molar-refractivity contribution in [3.05, 3.63) is 17.5 Å². The van der Waals surface area contributed by atoms with E-state index in [9.17, 15) is 13.2 Å². The van der Waals surface area contributed by atoms with E-state index in [2.05, 4.69) is 15.2 Å². The lowest BCUT2D eigenvalue weighted by molar-refractivity contribution is 0.0918. The van der Waals surface area contributed by atoms with E-state index < -0.39 is 15.3 Å². The zero-order valence-corrected chi connectivity index (χ0v) is 14.3. The molecule has 2 saturated carbocycles. The number of hydrogen-bond acceptors (Lipinski definition) is 6. The molecule has 3 rings (SSSR count). The zero-order chi connectivity index (χ0) is 17.2. The fourth-order valence-electron chi connectivity index (χ4n) is 3.05. The van der Waals surface area contributed by atoms with Gasteiger partial charge in [-0.05, 0) is 38.5 Å². The van der Waals surface area contributed by atoms with Gasteiger partial charge in [-0.2, -0.15) is 0 Å². The Bertz CT molecular complexity index is 675. The molecule has 1 amide bonds. The van der Waals surface area contributed by atoms with Crippen LogP contribution in [0.15, 0.2) is 10.6 Å². The normalized spacial score (nSPS) is 24.7. The van der Waals surface area contributed by atoms with E-state index in [4.69, 9.17) is 10.3 Å². The van der Waals surface area contributed by atoms with Gasteiger partial charge in [-0.25, -0.2) is 13.1 Å². The van der Waals surface area contributed by atoms with E-state index in [1.165, 1.54) is 0 Å². The second kappa shape index (κ2) is 7.20. The first-order valence-corrected chi connectivity index (χ1v) is 10.00. The Morgan fingerprint density at radius 2 is 1.96 bits per heavy atom. The lowest BCUT2D eigenvalue weighted by Gasteiger charge is -2.28. The maximum Gasteiger partial charge on any atom is 0.273 e. The number of nitrogens with two attached hydrogens (primary N) is 1. The molecular formula is C15H24N4O4S. The molecule has 0 atom stereocenters. The van der Waals surface area contributed by atoms with Gasteiger partial charge in [-0.3, -0.25) is 4.79 Å². The van der Waals surface area contributed by atoms with Crippen molar-refractivity contribution in [2.24, 2.45) is 5.73 Å². The molecular weight excluding hydrogens is 332 g/mol. The molecule has 0 spiro atoms. The van der Waals surface area contributed by atoms with Gasteiger partial charge in [0.05, 0.1) is 5.25 Å². The van der Waals surface area contributed by atoms with E-state index in [1.807, 2.05) is 0 Å². The van der Waals surface area contributed by atoms with Crippen LogP contribution in [0.5, 0.6) is 0 Å². The van der Waals surface area contributed by atoms with Crippen molar-refractivity contribution in [3.8, 4) is 0 Å². The van der Waals surface area contributed by atoms with E-state index in [1.54, 1.807) is 6.07 Å². The standard InChI is InChI=1S/C15H24N4O4S/c16-7-8-17-24(21,22)12-5-3-11(4-6-12)18-15(20)13-9-14(23-19-13)10-1-2-10/h9-12,17H,1-8,16H2,(H,18,20). The van der Waals surface area contributed by atoms with Crippen LogP contribution in [-0.4, -0.2) is 43.9 Å². The molecule has 9 heteroatoms. The second-order valence-electron chi connectivity index (χ2n) is 6.56. The van der Waals surface area contributed by atoms with Crippen molar-refractivity contribution in [2.75, 3.05) is 13.1 Å². The molecule has 2 aliphatic carbocycles. The van der Waals surface area contributed by atoms with Gasteiger partial charge in [-0.15, -0.1) is 0 Å². The molecule has 24 heavy (non-hydrogen) atoms. The van der Waals surface area contributed by atoms with Gasteiger partial charge in [0.1, 0.15) is 5.76 Å². The molecule has 0 saturated heterocycles. The van der Waals surface area contributed by atoms with E-state index >= 15 is 0 Å². The largest absolute Gasteiger partial charge is 0.360 e. The smallest absolute Gasteiger partial charge is 0.273 e. The van der Waals surface area contributed by atoms with Gasteiger partial charge in [-0.1, -0.05) is 5.16 Å². The molecule has 0 bridgehead atoms. The third-order valence-electron chi connectivity index (χ3n) is 4.64. The van der Waals surface area contributed by atoms with Crippen molar-refractivity contribution in [1.82, 2.24) is 15.2 Å². The molecule has 4 N–H and O–H groups in total. The van der Waals surface area contributed by atoms with Crippen LogP contribution in [0, 0.1) is 0 Å². The summed E-state index contributed by atoms with van der Waals surface area (Å²) in [7, 11) is -3.32. The lowest BCUT2D eigenvalue weighted by Crippen LogP contribution is -2.43. The predicted molar refractivity (Wildman–Crippen MR) is 88.0 cm³/mol. The molecule has 1 aromatic heterocycles. The highest BCUT2D eigenvalue weighted by molar-refractivity contribution is 7.90. The molecule has 134 valence electrons. The monoisotopic (exact) mass is 356 g/mol. The predicted octanol–water partition coefficient (Wildman–Crippen LogP) is 0.471. The minimum atomic E-state index is -3.32. The highest BCUT2D eigenvalue weighted by atomic mass is 32.2. The maximum atomic E-state index is 12.2. The van der Waals surface area contributed by atoms with Crippen LogP contribution in [0.25, 0.3) is 0 Å². The third kappa shape index (κ3) is 4.14. The summed E-state index contributed by atoms with van der Waals surface area (Å²) in [5.41, 5.74) is 5.64. The Kier molecular flexibility index (Phi) is 5.21. The van der Waals surface area contributed by atoms with E-state index in [0.717, 1.165) is 18.6 Å². The summed E-state index contributed by atoms with van der Waals surface area (Å²) in [6.07, 6.45) is 4.49. The summed E-state index contributed by atoms with van der Waals surface area (Å²) in [5.74, 6) is 0.944. The van der Waals surface area contributed by atoms with Crippen LogP contribution in [0.4, 0.5) is 0 Å². The Morgan fingerprint density at radius 3 is 2.58 bits per heavy atom. The average molecular weight is 356 g/mol. The van der Waals surface area contributed by atoms with Gasteiger partial charge >= 0.3 is 0 Å². The SMILES string of the molecule is NCCNS(=O)(=O)C1CCC(NC(=O)c2cc(C3CC3)on2)CC1. The first-order chi connectivity index (χ1) is 11.5. The molecule has 0 radical (unpaired) electrons. The highest BCUT2D eigenvalue weighted by Gasteiger charge is 2.32. The van der Waals surface area contributed by atoms with Crippen LogP contribution in [0.1, 0.15) is 60.7 Å². The second-order valence-corrected chi connectivity index (χ2v) is 8.61. The summed E-state index contributed by atoms with van der Waals surface area (Å²) < 4.78 is 31.9. The quantitative estimate of drug-likeness (QED) is 0.652. The van der Waals surface area contributed by atoms with Crippen molar-refractivity contribution >= 4 is 15.9 Å². The minimum Gasteiger partial charge on any atom is -0.360 e. The molecule has 1 aromatic rings. The number of sulfonamides is 1. The third-order valence-corrected chi connectivity index (χ3v) is 6.59. The number of rotatable bonds is 7. The number of hydrogen-bond donors (Lipinski definition) is 3. The van der Waals surface area contributed by atoms with Gasteiger partial charge in [0.2, 0.25) is 10.0 Å². The van der Waals surface area contributed by atoms with Gasteiger partial charge in [0.25, 0.3) is 5.91 Å². The van der Waals surface area contributed by atoms with Gasteiger partial charge < -0.3 is 15.6 Å². The lowest BCUT2D eigenvalue weighted by atomic mass is 9.95. The minimum absolute atomic E-state index is 0.0282. The van der Waals surface area contributed by atoms with Crippen molar-refractivity contribution in [3.63, 3.8) is 0 Å². The highest BCUT2D eigenvalue weighted by Crippen LogP contribution is 2.40. The number of carbonyl (C=O) groups is 1. The van der Waals surface area contributed by atoms with Crippen molar-refractivity contribution < 1.29 is 17.7 Å². The van der Waals surface area contributed by atoms with Gasteiger partial charge in [0.15, 0.2) is 5.69 Å². The van der Waals surface area contributed by atoms with Crippen molar-refractivity contribution in [2.45, 2.75) is 55.7 Å². The molecule has 0 aromatic carbocycles. The zero-order valence-electron chi connectivity index (χ0n) is 13.5. The van der Waals surface area contributed by atoms with Crippen LogP contribution in [-0.2, 0) is 10.0 Å². The summed E-state index contributed by atoms with van der Waals surface area (Å²) in [5, 5.41) is 6.34. The summed E-state index contributed by atoms with van der Waals surface area (Å²) >= 11 is 0. The maximum absolute atomic E-state index is 12.2. The average Bonchev–Trinajstić information content (AvgIpc) is 3.30. The molecule has 0 aliphatic heterocycles. The molecule has 8 nitrogen and oxygen atoms in total. The fraction of sp³-hybridized carbons (Fsp3) is 0.733. The fourth-order valence-corrected chi connectivity index (χ4v) is 4.58. The first-order valence-electron chi connectivity index (χ1n) is 8.45. The number of aromatic nitrogens is 1. The topological polar surface area (TPSA) is 127 Å². The summed E-state index contributed by atoms with van der Waals surface area (Å²) in [6.45, 7) is 0.541. The van der Waals surface area contributed by atoms with Crippen LogP contribution < -0.4 is 15.8 Å². The summed E-state index contributed by atoms with van der Waals surface area (Å²) in [4.78, 5) is 12.2. The molecule has 1 heterocycles. The Balaban J connectivity index is 1.48. The van der Waals surface area contributed by atoms with Crippen LogP contribution in [0.2, 0.25) is 0 Å². The van der Waals surface area contributed by atoms with Gasteiger partial charge in [0, 0.05) is 31.1 Å². The van der Waals surface area contributed by atoms with Crippen LogP contribution in [0.3, 0.4) is 0 Å². The first kappa shape index (κ1) is 17.4. The van der Waals surface area contributed by atoms with Crippen molar-refractivity contribution in [1.29, 1.82) is 0 Å². The number of carbonyl (C=O) groups excluding carboxylic acids is 1. The number of nitrogens with zero attached hydrogens (tertiary/aromatic N) is 1. The Hall–Kier alpha value is -1.45. The van der Waals surface area contributed by atoms with E-state index in [-0.39, 0.29) is 25.0 Å². The molecule has 2 fully saturated rings. The Labute approximate surface area is 141 Å². The number of nitrogens with one attached hydrogen (secondary N) is 2. The van der Waals surface area contributed by atoms with Crippen LogP contribution >= 0.6 is 0 Å². The van der Waals surface area contributed by atoms with E-state index in [0.29, 0.717) is 37.3 Å². The number of amides is 1. The Morgan fingerprint density at radius 1 is 1.25 bits per heavy atom. The molecule has 0 unspecified atom stereocenters. The summed E-state index contributed by atoms with van der Waals surface area (Å²) in [6, 6.07) is 1.68.